The number of ether oxygens (including phenoxy) is 1. The van der Waals surface area contributed by atoms with E-state index in [4.69, 9.17) is 16.3 Å². The summed E-state index contributed by atoms with van der Waals surface area (Å²) in [7, 11) is -2.38. The maximum atomic E-state index is 13.1. The standard InChI is InChI=1S/C22H26ClN3O5S/c1-15(26(32(3,29)30)16-10-11-20(31-2)18(23)14-16)21(27)24-19-9-5-4-8-17(19)22(28)25-12-6-7-13-25/h4-5,8-11,14-15H,6-7,12-13H2,1-3H3,(H,24,27)/t15-/m0/s1. The van der Waals surface area contributed by atoms with Crippen LogP contribution in [0.2, 0.25) is 5.02 Å². The molecule has 2 aromatic rings. The molecular weight excluding hydrogens is 454 g/mol. The van der Waals surface area contributed by atoms with E-state index in [0.29, 0.717) is 30.1 Å². The first-order chi connectivity index (χ1) is 15.1. The molecule has 0 spiro atoms. The zero-order chi connectivity index (χ0) is 23.5. The van der Waals surface area contributed by atoms with E-state index >= 15 is 0 Å². The molecule has 1 fully saturated rings. The Morgan fingerprint density at radius 3 is 2.41 bits per heavy atom. The summed E-state index contributed by atoms with van der Waals surface area (Å²) < 4.78 is 31.2. The van der Waals surface area contributed by atoms with Crippen LogP contribution in [0, 0.1) is 0 Å². The van der Waals surface area contributed by atoms with Gasteiger partial charge < -0.3 is 15.0 Å². The molecule has 1 atom stereocenters. The molecule has 1 aliphatic rings. The molecule has 0 bridgehead atoms. The van der Waals surface area contributed by atoms with E-state index in [-0.39, 0.29) is 16.6 Å². The predicted octanol–water partition coefficient (Wildman–Crippen LogP) is 3.38. The topological polar surface area (TPSA) is 96.0 Å². The van der Waals surface area contributed by atoms with Gasteiger partial charge in [0, 0.05) is 13.1 Å². The van der Waals surface area contributed by atoms with E-state index in [1.54, 1.807) is 29.2 Å². The van der Waals surface area contributed by atoms with E-state index in [1.165, 1.54) is 32.2 Å². The molecule has 1 heterocycles. The molecule has 0 aliphatic carbocycles. The van der Waals surface area contributed by atoms with Crippen LogP contribution >= 0.6 is 11.6 Å². The van der Waals surface area contributed by atoms with E-state index in [0.717, 1.165) is 23.4 Å². The first kappa shape index (κ1) is 23.9. The molecular formula is C22H26ClN3O5S. The van der Waals surface area contributed by atoms with E-state index in [2.05, 4.69) is 5.32 Å². The first-order valence-electron chi connectivity index (χ1n) is 10.2. The molecule has 1 N–H and O–H groups in total. The third kappa shape index (κ3) is 5.16. The number of carbonyl (C=O) groups is 2. The maximum absolute atomic E-state index is 13.1. The van der Waals surface area contributed by atoms with Gasteiger partial charge in [0.1, 0.15) is 11.8 Å². The van der Waals surface area contributed by atoms with Gasteiger partial charge in [0.25, 0.3) is 5.91 Å². The molecule has 1 aliphatic heterocycles. The minimum Gasteiger partial charge on any atom is -0.495 e. The van der Waals surface area contributed by atoms with Crippen molar-refractivity contribution in [2.24, 2.45) is 0 Å². The molecule has 0 aromatic heterocycles. The van der Waals surface area contributed by atoms with Crippen LogP contribution in [0.25, 0.3) is 0 Å². The predicted molar refractivity (Wildman–Crippen MR) is 125 cm³/mol. The Morgan fingerprint density at radius 1 is 1.16 bits per heavy atom. The van der Waals surface area contributed by atoms with Crippen LogP contribution in [-0.4, -0.2) is 57.6 Å². The molecule has 0 unspecified atom stereocenters. The number of nitrogens with zero attached hydrogens (tertiary/aromatic N) is 2. The Morgan fingerprint density at radius 2 is 1.81 bits per heavy atom. The number of para-hydroxylation sites is 1. The largest absolute Gasteiger partial charge is 0.495 e. The van der Waals surface area contributed by atoms with Crippen molar-refractivity contribution >= 4 is 44.8 Å². The smallest absolute Gasteiger partial charge is 0.255 e. The fourth-order valence-corrected chi connectivity index (χ4v) is 5.13. The molecule has 0 saturated carbocycles. The second kappa shape index (κ2) is 9.79. The first-order valence-corrected chi connectivity index (χ1v) is 12.4. The molecule has 32 heavy (non-hydrogen) atoms. The van der Waals surface area contributed by atoms with Gasteiger partial charge in [-0.1, -0.05) is 23.7 Å². The van der Waals surface area contributed by atoms with Gasteiger partial charge in [-0.3, -0.25) is 13.9 Å². The van der Waals surface area contributed by atoms with Crippen LogP contribution in [0.3, 0.4) is 0 Å². The van der Waals surface area contributed by atoms with Crippen molar-refractivity contribution in [3.63, 3.8) is 0 Å². The third-order valence-corrected chi connectivity index (χ3v) is 6.82. The van der Waals surface area contributed by atoms with Gasteiger partial charge in [-0.2, -0.15) is 0 Å². The Bertz CT molecular complexity index is 1120. The second-order valence-electron chi connectivity index (χ2n) is 7.59. The third-order valence-electron chi connectivity index (χ3n) is 5.29. The highest BCUT2D eigenvalue weighted by atomic mass is 35.5. The van der Waals surface area contributed by atoms with Gasteiger partial charge in [-0.05, 0) is 50.1 Å². The second-order valence-corrected chi connectivity index (χ2v) is 9.85. The van der Waals surface area contributed by atoms with Gasteiger partial charge in [0.2, 0.25) is 15.9 Å². The summed E-state index contributed by atoms with van der Waals surface area (Å²) in [5, 5.41) is 2.94. The summed E-state index contributed by atoms with van der Waals surface area (Å²) in [6.07, 6.45) is 2.91. The minimum absolute atomic E-state index is 0.159. The lowest BCUT2D eigenvalue weighted by molar-refractivity contribution is -0.116. The molecule has 8 nitrogen and oxygen atoms in total. The van der Waals surface area contributed by atoms with Crippen LogP contribution in [0.15, 0.2) is 42.5 Å². The monoisotopic (exact) mass is 479 g/mol. The van der Waals surface area contributed by atoms with Gasteiger partial charge in [0.15, 0.2) is 0 Å². The number of sulfonamides is 1. The van der Waals surface area contributed by atoms with Crippen molar-refractivity contribution in [2.75, 3.05) is 36.1 Å². The number of anilines is 2. The number of methoxy groups -OCH3 is 1. The summed E-state index contributed by atoms with van der Waals surface area (Å²) in [6, 6.07) is 10.1. The summed E-state index contributed by atoms with van der Waals surface area (Å²) >= 11 is 6.17. The van der Waals surface area contributed by atoms with Crippen LogP contribution in [0.4, 0.5) is 11.4 Å². The summed E-state index contributed by atoms with van der Waals surface area (Å²) in [5.74, 6) is -0.354. The summed E-state index contributed by atoms with van der Waals surface area (Å²) in [6.45, 7) is 2.83. The lowest BCUT2D eigenvalue weighted by Crippen LogP contribution is -2.45. The Kier molecular flexibility index (Phi) is 7.30. The number of hydrogen-bond donors (Lipinski definition) is 1. The number of hydrogen-bond acceptors (Lipinski definition) is 5. The van der Waals surface area contributed by atoms with Crippen molar-refractivity contribution in [1.82, 2.24) is 4.90 Å². The Hall–Kier alpha value is -2.78. The van der Waals surface area contributed by atoms with Crippen molar-refractivity contribution < 1.29 is 22.7 Å². The highest BCUT2D eigenvalue weighted by molar-refractivity contribution is 7.92. The average molecular weight is 480 g/mol. The summed E-state index contributed by atoms with van der Waals surface area (Å²) in [5.41, 5.74) is 0.929. The number of carbonyl (C=O) groups excluding carboxylic acids is 2. The molecule has 1 saturated heterocycles. The SMILES string of the molecule is COc1ccc(N([C@@H](C)C(=O)Nc2ccccc2C(=O)N2CCCC2)S(C)(=O)=O)cc1Cl. The molecule has 10 heteroatoms. The molecule has 172 valence electrons. The Labute approximate surface area is 193 Å². The number of amides is 2. The Balaban J connectivity index is 1.88. The van der Waals surface area contributed by atoms with E-state index in [9.17, 15) is 18.0 Å². The fourth-order valence-electron chi connectivity index (χ4n) is 3.71. The van der Waals surface area contributed by atoms with Crippen molar-refractivity contribution in [3.05, 3.63) is 53.1 Å². The van der Waals surface area contributed by atoms with Crippen molar-refractivity contribution in [1.29, 1.82) is 0 Å². The number of likely N-dealkylation sites (tertiary alicyclic amines) is 1. The molecule has 0 radical (unpaired) electrons. The van der Waals surface area contributed by atoms with Gasteiger partial charge in [0.05, 0.1) is 35.3 Å². The fraction of sp³-hybridized carbons (Fsp3) is 0.364. The van der Waals surface area contributed by atoms with Crippen LogP contribution in [0.1, 0.15) is 30.1 Å². The number of nitrogens with one attached hydrogen (secondary N) is 1. The van der Waals surface area contributed by atoms with Crippen LogP contribution in [0.5, 0.6) is 5.75 Å². The van der Waals surface area contributed by atoms with E-state index in [1.807, 2.05) is 0 Å². The van der Waals surface area contributed by atoms with E-state index < -0.39 is 22.0 Å². The van der Waals surface area contributed by atoms with Crippen LogP contribution < -0.4 is 14.4 Å². The molecule has 3 rings (SSSR count). The average Bonchev–Trinajstić information content (AvgIpc) is 3.28. The quantitative estimate of drug-likeness (QED) is 0.656. The van der Waals surface area contributed by atoms with Crippen molar-refractivity contribution in [2.45, 2.75) is 25.8 Å². The van der Waals surface area contributed by atoms with Crippen molar-refractivity contribution in [3.8, 4) is 5.75 Å². The maximum Gasteiger partial charge on any atom is 0.255 e. The normalized spacial score (nSPS) is 14.7. The molecule has 2 aromatic carbocycles. The zero-order valence-electron chi connectivity index (χ0n) is 18.2. The molecule has 2 amide bonds. The van der Waals surface area contributed by atoms with Crippen LogP contribution in [-0.2, 0) is 14.8 Å². The number of halogens is 1. The lowest BCUT2D eigenvalue weighted by Gasteiger charge is -2.29. The zero-order valence-corrected chi connectivity index (χ0v) is 19.7. The highest BCUT2D eigenvalue weighted by Gasteiger charge is 2.31. The summed E-state index contributed by atoms with van der Waals surface area (Å²) in [4.78, 5) is 27.7. The van der Waals surface area contributed by atoms with Gasteiger partial charge >= 0.3 is 0 Å². The lowest BCUT2D eigenvalue weighted by atomic mass is 10.1. The number of rotatable bonds is 7. The van der Waals surface area contributed by atoms with Gasteiger partial charge in [-0.15, -0.1) is 0 Å². The minimum atomic E-state index is -3.83. The number of benzene rings is 2. The highest BCUT2D eigenvalue weighted by Crippen LogP contribution is 2.31. The van der Waals surface area contributed by atoms with Gasteiger partial charge in [-0.25, -0.2) is 8.42 Å².